The van der Waals surface area contributed by atoms with Crippen molar-refractivity contribution in [2.45, 2.75) is 0 Å². The number of hydrogen-bond donors (Lipinski definition) is 0. The quantitative estimate of drug-likeness (QED) is 0.183. The molecular weight excluding hydrogens is 348 g/mol. The Morgan fingerprint density at radius 1 is 0.923 bits per heavy atom. The molecule has 0 N–H and O–H groups in total. The van der Waals surface area contributed by atoms with Gasteiger partial charge in [0.1, 0.15) is 0 Å². The normalized spacial score (nSPS) is 10.3. The Morgan fingerprint density at radius 2 is 1.62 bits per heavy atom. The Kier molecular flexibility index (Phi) is 5.21. The molecule has 2 aromatic rings. The largest absolute Gasteiger partial charge is 0.283 e. The van der Waals surface area contributed by atoms with Gasteiger partial charge in [0.15, 0.2) is 0 Å². The van der Waals surface area contributed by atoms with Crippen LogP contribution in [0.5, 0.6) is 0 Å². The van der Waals surface area contributed by atoms with Gasteiger partial charge in [-0.25, -0.2) is 0 Å². The van der Waals surface area contributed by atoms with Gasteiger partial charge in [-0.2, -0.15) is 0 Å². The summed E-state index contributed by atoms with van der Waals surface area (Å²) in [7, 11) is 0. The van der Waals surface area contributed by atoms with Crippen molar-refractivity contribution < 1.29 is 14.8 Å². The number of hydrogen-bond acceptors (Lipinski definition) is 7. The summed E-state index contributed by atoms with van der Waals surface area (Å²) < 4.78 is 0. The predicted octanol–water partition coefficient (Wildman–Crippen LogP) is 4.52. The third-order valence-corrected chi connectivity index (χ3v) is 3.20. The van der Waals surface area contributed by atoms with Gasteiger partial charge >= 0.3 is 0 Å². The topological polar surface area (TPSA) is 178 Å². The fourth-order valence-corrected chi connectivity index (χ4v) is 2.09. The lowest BCUT2D eigenvalue weighted by Crippen LogP contribution is -1.95. The van der Waals surface area contributed by atoms with E-state index in [-0.39, 0.29) is 16.9 Å². The molecule has 0 aliphatic carbocycles. The van der Waals surface area contributed by atoms with Crippen molar-refractivity contribution in [2.75, 3.05) is 0 Å². The molecule has 2 aromatic carbocycles. The highest BCUT2D eigenvalue weighted by molar-refractivity contribution is 5.82. The summed E-state index contributed by atoms with van der Waals surface area (Å²) >= 11 is 0. The van der Waals surface area contributed by atoms with Crippen LogP contribution in [0, 0.1) is 30.3 Å². The molecule has 0 unspecified atom stereocenters. The molecule has 26 heavy (non-hydrogen) atoms. The number of rotatable bonds is 6. The molecule has 0 atom stereocenters. The van der Waals surface area contributed by atoms with E-state index in [0.717, 1.165) is 12.1 Å². The second kappa shape index (κ2) is 7.51. The highest BCUT2D eigenvalue weighted by Crippen LogP contribution is 2.35. The van der Waals surface area contributed by atoms with Crippen molar-refractivity contribution in [3.8, 4) is 0 Å². The van der Waals surface area contributed by atoms with Crippen LogP contribution >= 0.6 is 0 Å². The van der Waals surface area contributed by atoms with Crippen molar-refractivity contribution in [1.82, 2.24) is 0 Å². The first-order chi connectivity index (χ1) is 12.3. The van der Waals surface area contributed by atoms with Crippen LogP contribution in [0.3, 0.4) is 0 Å². The lowest BCUT2D eigenvalue weighted by molar-refractivity contribution is -0.394. The maximum Gasteiger partial charge on any atom is 0.283 e. The molecule has 0 spiro atoms. The number of non-ortho nitro benzene ring substituents is 2. The molecule has 0 radical (unpaired) electrons. The Hall–Kier alpha value is -4.31. The summed E-state index contributed by atoms with van der Waals surface area (Å²) in [4.78, 5) is 33.1. The van der Waals surface area contributed by atoms with Crippen LogP contribution in [0.25, 0.3) is 22.6 Å². The molecule has 0 bridgehead atoms. The number of azide groups is 1. The molecule has 0 saturated carbocycles. The number of nitro groups is 3. The Labute approximate surface area is 144 Å². The third kappa shape index (κ3) is 3.96. The lowest BCUT2D eigenvalue weighted by atomic mass is 10.1. The van der Waals surface area contributed by atoms with Crippen LogP contribution in [0.4, 0.5) is 22.7 Å². The van der Waals surface area contributed by atoms with Crippen LogP contribution in [0.15, 0.2) is 41.5 Å². The van der Waals surface area contributed by atoms with Crippen LogP contribution in [0.1, 0.15) is 11.1 Å². The third-order valence-electron chi connectivity index (χ3n) is 3.20. The van der Waals surface area contributed by atoms with Gasteiger partial charge in [0.25, 0.3) is 17.1 Å². The highest BCUT2D eigenvalue weighted by atomic mass is 16.6. The fraction of sp³-hybridized carbons (Fsp3) is 0. The standard InChI is InChI=1S/C14H8N6O6/c15-17-16-13-7-11(19(23)24)8-14(20(25)26)12(13)5-4-9-2-1-3-10(6-9)18(21)22/h1-8H/b5-4+. The van der Waals surface area contributed by atoms with Crippen LogP contribution in [-0.2, 0) is 0 Å². The van der Waals surface area contributed by atoms with Gasteiger partial charge in [0.2, 0.25) is 0 Å². The predicted molar refractivity (Wildman–Crippen MR) is 90.6 cm³/mol. The number of nitro benzene ring substituents is 3. The minimum Gasteiger partial charge on any atom is -0.258 e. The first-order valence-electron chi connectivity index (χ1n) is 6.78. The van der Waals surface area contributed by atoms with Gasteiger partial charge in [-0.15, -0.1) is 0 Å². The second-order valence-electron chi connectivity index (χ2n) is 4.79. The minimum atomic E-state index is -0.851. The maximum atomic E-state index is 11.2. The molecule has 0 amide bonds. The van der Waals surface area contributed by atoms with Gasteiger partial charge in [-0.1, -0.05) is 23.3 Å². The van der Waals surface area contributed by atoms with E-state index in [1.807, 2.05) is 0 Å². The Bertz CT molecular complexity index is 972. The summed E-state index contributed by atoms with van der Waals surface area (Å²) in [6.45, 7) is 0. The van der Waals surface area contributed by atoms with E-state index in [9.17, 15) is 30.3 Å². The number of nitrogens with zero attached hydrogens (tertiary/aromatic N) is 6. The van der Waals surface area contributed by atoms with E-state index >= 15 is 0 Å². The zero-order chi connectivity index (χ0) is 19.3. The molecule has 0 aliphatic heterocycles. The van der Waals surface area contributed by atoms with E-state index in [2.05, 4.69) is 10.0 Å². The zero-order valence-electron chi connectivity index (χ0n) is 12.8. The average molecular weight is 356 g/mol. The first-order valence-corrected chi connectivity index (χ1v) is 6.78. The smallest absolute Gasteiger partial charge is 0.258 e. The molecule has 0 aliphatic rings. The molecule has 0 aromatic heterocycles. The molecule has 12 nitrogen and oxygen atoms in total. The van der Waals surface area contributed by atoms with Gasteiger partial charge in [-0.05, 0) is 17.2 Å². The molecule has 0 fully saturated rings. The van der Waals surface area contributed by atoms with Gasteiger partial charge in [0.05, 0.1) is 32.1 Å². The summed E-state index contributed by atoms with van der Waals surface area (Å²) in [5.74, 6) is 0. The van der Waals surface area contributed by atoms with Gasteiger partial charge in [0, 0.05) is 23.1 Å². The minimum absolute atomic E-state index is 0.162. The summed E-state index contributed by atoms with van der Waals surface area (Å²) in [5.41, 5.74) is 7.07. The van der Waals surface area contributed by atoms with Crippen molar-refractivity contribution in [3.63, 3.8) is 0 Å². The van der Waals surface area contributed by atoms with E-state index < -0.39 is 26.1 Å². The SMILES string of the molecule is [N-]=[N+]=Nc1cc([N+](=O)[O-])cc([N+](=O)[O-])c1/C=C/c1cccc([N+](=O)[O-])c1. The van der Waals surface area contributed by atoms with Crippen molar-refractivity contribution in [2.24, 2.45) is 5.11 Å². The zero-order valence-corrected chi connectivity index (χ0v) is 12.8. The Balaban J connectivity index is 2.62. The highest BCUT2D eigenvalue weighted by Gasteiger charge is 2.22. The molecule has 130 valence electrons. The maximum absolute atomic E-state index is 11.2. The van der Waals surface area contributed by atoms with Crippen LogP contribution in [-0.4, -0.2) is 14.8 Å². The average Bonchev–Trinajstić information content (AvgIpc) is 2.60. The van der Waals surface area contributed by atoms with Gasteiger partial charge < -0.3 is 0 Å². The lowest BCUT2D eigenvalue weighted by Gasteiger charge is -2.03. The summed E-state index contributed by atoms with van der Waals surface area (Å²) in [6, 6.07) is 7.10. The van der Waals surface area contributed by atoms with Crippen LogP contribution in [0.2, 0.25) is 0 Å². The van der Waals surface area contributed by atoms with Gasteiger partial charge in [-0.3, -0.25) is 30.3 Å². The van der Waals surface area contributed by atoms with E-state index in [4.69, 9.17) is 5.53 Å². The summed E-state index contributed by atoms with van der Waals surface area (Å²) in [5, 5.41) is 36.2. The van der Waals surface area contributed by atoms with Crippen molar-refractivity contribution >= 4 is 34.9 Å². The van der Waals surface area contributed by atoms with E-state index in [1.165, 1.54) is 36.4 Å². The fourth-order valence-electron chi connectivity index (χ4n) is 2.09. The molecule has 0 saturated heterocycles. The first kappa shape index (κ1) is 18.0. The monoisotopic (exact) mass is 356 g/mol. The molecule has 0 heterocycles. The van der Waals surface area contributed by atoms with Crippen molar-refractivity contribution in [1.29, 1.82) is 0 Å². The summed E-state index contributed by atoms with van der Waals surface area (Å²) in [6.07, 6.45) is 2.53. The van der Waals surface area contributed by atoms with Crippen molar-refractivity contribution in [3.05, 3.63) is 88.3 Å². The van der Waals surface area contributed by atoms with E-state index in [0.29, 0.717) is 5.56 Å². The Morgan fingerprint density at radius 3 is 2.19 bits per heavy atom. The molecular formula is C14H8N6O6. The van der Waals surface area contributed by atoms with Crippen LogP contribution < -0.4 is 0 Å². The van der Waals surface area contributed by atoms with E-state index in [1.54, 1.807) is 0 Å². The molecule has 12 heteroatoms. The number of benzene rings is 2. The second-order valence-corrected chi connectivity index (χ2v) is 4.79. The molecule has 2 rings (SSSR count).